The van der Waals surface area contributed by atoms with E-state index in [1.165, 1.54) is 11.3 Å². The lowest BCUT2D eigenvalue weighted by molar-refractivity contribution is -0.0702. The third kappa shape index (κ3) is 16.7. The SMILES string of the molecule is Cc1cc(N(CCOCC(C)OCC(C)OCC(C)O)CCOCC(C)OCC(C)OCC(C)O)ccc1/N=N/c1sc(C#N)c(C)c1N. The first-order chi connectivity index (χ1) is 23.3. The zero-order valence-electron chi connectivity index (χ0n) is 30.4. The first-order valence-corrected chi connectivity index (χ1v) is 17.7. The van der Waals surface area contributed by atoms with Crippen molar-refractivity contribution in [3.63, 3.8) is 0 Å². The van der Waals surface area contributed by atoms with Crippen molar-refractivity contribution in [1.29, 1.82) is 5.26 Å². The Morgan fingerprint density at radius 3 is 1.71 bits per heavy atom. The number of benzene rings is 1. The number of thiophene rings is 1. The second-order valence-electron chi connectivity index (χ2n) is 12.5. The number of aliphatic hydroxyl groups excluding tert-OH is 2. The van der Waals surface area contributed by atoms with Crippen LogP contribution in [0.3, 0.4) is 0 Å². The standard InChI is InChI=1S/C35H57N5O8S/c1-23-15-31(9-10-32(23)38-39-35-34(37)30(8)33(16-36)49-35)40(11-13-43-19-26(4)47-21-28(6)45-17-24(2)41)12-14-44-20-27(5)48-22-29(7)46-18-25(3)42/h9-10,15,24-29,41-42H,11-14,17-22,37H2,1-8H3/b39-38+. The van der Waals surface area contributed by atoms with Crippen LogP contribution < -0.4 is 10.6 Å². The van der Waals surface area contributed by atoms with Crippen LogP contribution in [-0.2, 0) is 28.4 Å². The number of rotatable bonds is 25. The molecule has 2 aromatic rings. The lowest BCUT2D eigenvalue weighted by atomic mass is 10.1. The van der Waals surface area contributed by atoms with Crippen molar-refractivity contribution in [2.24, 2.45) is 10.2 Å². The van der Waals surface area contributed by atoms with Crippen LogP contribution in [0.2, 0.25) is 0 Å². The number of nitrogens with two attached hydrogens (primary N) is 1. The summed E-state index contributed by atoms with van der Waals surface area (Å²) in [4.78, 5) is 2.73. The van der Waals surface area contributed by atoms with Crippen molar-refractivity contribution in [3.8, 4) is 6.07 Å². The summed E-state index contributed by atoms with van der Waals surface area (Å²) in [7, 11) is 0. The first kappa shape index (κ1) is 42.5. The van der Waals surface area contributed by atoms with E-state index in [1.54, 1.807) is 20.8 Å². The number of ether oxygens (including phenoxy) is 6. The van der Waals surface area contributed by atoms with Gasteiger partial charge >= 0.3 is 0 Å². The molecule has 0 radical (unpaired) electrons. The van der Waals surface area contributed by atoms with Crippen molar-refractivity contribution in [1.82, 2.24) is 0 Å². The molecule has 6 unspecified atom stereocenters. The van der Waals surface area contributed by atoms with Crippen LogP contribution in [-0.4, -0.2) is 113 Å². The number of hydrogen-bond acceptors (Lipinski definition) is 14. The van der Waals surface area contributed by atoms with E-state index in [1.807, 2.05) is 46.8 Å². The molecule has 2 rings (SSSR count). The summed E-state index contributed by atoms with van der Waals surface area (Å²) in [5, 5.41) is 37.4. The molecule has 14 heteroatoms. The quantitative estimate of drug-likeness (QED) is 0.0884. The Hall–Kier alpha value is -2.71. The highest BCUT2D eigenvalue weighted by Gasteiger charge is 2.15. The molecule has 0 bridgehead atoms. The van der Waals surface area contributed by atoms with E-state index in [2.05, 4.69) is 27.3 Å². The van der Waals surface area contributed by atoms with E-state index in [0.29, 0.717) is 74.0 Å². The molecule has 49 heavy (non-hydrogen) atoms. The van der Waals surface area contributed by atoms with Crippen molar-refractivity contribution < 1.29 is 38.6 Å². The molecule has 1 aromatic heterocycles. The minimum absolute atomic E-state index is 0.117. The van der Waals surface area contributed by atoms with E-state index < -0.39 is 12.2 Å². The molecule has 0 spiro atoms. The van der Waals surface area contributed by atoms with Gasteiger partial charge < -0.3 is 49.3 Å². The molecular formula is C35H57N5O8S. The number of nitrogens with zero attached hydrogens (tertiary/aromatic N) is 4. The van der Waals surface area contributed by atoms with Crippen LogP contribution in [0.15, 0.2) is 28.4 Å². The first-order valence-electron chi connectivity index (χ1n) is 16.8. The summed E-state index contributed by atoms with van der Waals surface area (Å²) < 4.78 is 34.8. The van der Waals surface area contributed by atoms with Gasteiger partial charge in [0.25, 0.3) is 0 Å². The topological polar surface area (TPSA) is 174 Å². The molecule has 0 aliphatic rings. The summed E-state index contributed by atoms with van der Waals surface area (Å²) in [5.41, 5.74) is 9.96. The highest BCUT2D eigenvalue weighted by molar-refractivity contribution is 7.17. The maximum atomic E-state index is 9.40. The smallest absolute Gasteiger partial charge is 0.163 e. The van der Waals surface area contributed by atoms with Gasteiger partial charge in [0.1, 0.15) is 10.9 Å². The van der Waals surface area contributed by atoms with E-state index in [0.717, 1.165) is 16.8 Å². The number of anilines is 2. The third-order valence-corrected chi connectivity index (χ3v) is 8.36. The Kier molecular flexibility index (Phi) is 19.8. The highest BCUT2D eigenvalue weighted by Crippen LogP contribution is 2.38. The van der Waals surface area contributed by atoms with Gasteiger partial charge in [-0.25, -0.2) is 0 Å². The molecule has 13 nitrogen and oxygen atoms in total. The molecule has 0 saturated carbocycles. The average molecular weight is 708 g/mol. The summed E-state index contributed by atoms with van der Waals surface area (Å²) in [6, 6.07) is 8.11. The Bertz CT molecular complexity index is 1270. The average Bonchev–Trinajstić information content (AvgIpc) is 3.34. The van der Waals surface area contributed by atoms with Gasteiger partial charge in [0, 0.05) is 24.3 Å². The Labute approximate surface area is 295 Å². The number of aliphatic hydroxyl groups is 2. The maximum absolute atomic E-state index is 9.40. The fraction of sp³-hybridized carbons (Fsp3) is 0.686. The van der Waals surface area contributed by atoms with E-state index in [9.17, 15) is 15.5 Å². The molecule has 6 atom stereocenters. The van der Waals surface area contributed by atoms with Crippen molar-refractivity contribution in [2.45, 2.75) is 92.0 Å². The fourth-order valence-corrected chi connectivity index (χ4v) is 5.20. The predicted molar refractivity (Wildman–Crippen MR) is 192 cm³/mol. The number of nitrogen functional groups attached to an aromatic ring is 1. The van der Waals surface area contributed by atoms with Gasteiger partial charge in [-0.05, 0) is 79.2 Å². The Balaban J connectivity index is 1.97. The normalized spacial score (nSPS) is 15.5. The molecule has 0 aliphatic heterocycles. The van der Waals surface area contributed by atoms with Crippen LogP contribution in [0.25, 0.3) is 0 Å². The van der Waals surface area contributed by atoms with Gasteiger partial charge in [-0.2, -0.15) is 5.26 Å². The Morgan fingerprint density at radius 2 is 1.27 bits per heavy atom. The van der Waals surface area contributed by atoms with Crippen molar-refractivity contribution >= 4 is 33.4 Å². The van der Waals surface area contributed by atoms with Gasteiger partial charge in [-0.1, -0.05) is 0 Å². The zero-order chi connectivity index (χ0) is 36.3. The lowest BCUT2D eigenvalue weighted by Crippen LogP contribution is -2.33. The molecule has 0 amide bonds. The van der Waals surface area contributed by atoms with Gasteiger partial charge in [-0.15, -0.1) is 21.6 Å². The third-order valence-electron chi connectivity index (χ3n) is 7.26. The number of azo groups is 1. The van der Waals surface area contributed by atoms with E-state index in [4.69, 9.17) is 34.2 Å². The number of aryl methyl sites for hydroxylation is 1. The monoisotopic (exact) mass is 707 g/mol. The van der Waals surface area contributed by atoms with Crippen LogP contribution in [0, 0.1) is 25.2 Å². The summed E-state index contributed by atoms with van der Waals surface area (Å²) in [6.45, 7) is 19.3. The minimum Gasteiger partial charge on any atom is -0.396 e. The second-order valence-corrected chi connectivity index (χ2v) is 13.5. The van der Waals surface area contributed by atoms with Crippen LogP contribution in [0.4, 0.5) is 22.1 Å². The Morgan fingerprint density at radius 1 is 0.776 bits per heavy atom. The van der Waals surface area contributed by atoms with Gasteiger partial charge in [0.05, 0.1) is 101 Å². The van der Waals surface area contributed by atoms with Crippen molar-refractivity contribution in [3.05, 3.63) is 34.2 Å². The van der Waals surface area contributed by atoms with Gasteiger partial charge in [-0.3, -0.25) is 0 Å². The largest absolute Gasteiger partial charge is 0.396 e. The maximum Gasteiger partial charge on any atom is 0.163 e. The molecule has 1 heterocycles. The van der Waals surface area contributed by atoms with Crippen LogP contribution >= 0.6 is 11.3 Å². The fourth-order valence-electron chi connectivity index (χ4n) is 4.36. The van der Waals surface area contributed by atoms with Gasteiger partial charge in [0.2, 0.25) is 0 Å². The zero-order valence-corrected chi connectivity index (χ0v) is 31.2. The predicted octanol–water partition coefficient (Wildman–Crippen LogP) is 5.46. The highest BCUT2D eigenvalue weighted by atomic mass is 32.1. The molecule has 1 aromatic carbocycles. The van der Waals surface area contributed by atoms with Crippen LogP contribution in [0.1, 0.15) is 57.5 Å². The molecule has 0 aliphatic carbocycles. The number of hydrogen-bond donors (Lipinski definition) is 3. The molecule has 276 valence electrons. The molecular weight excluding hydrogens is 650 g/mol. The van der Waals surface area contributed by atoms with E-state index >= 15 is 0 Å². The minimum atomic E-state index is -0.512. The lowest BCUT2D eigenvalue weighted by Gasteiger charge is -2.26. The molecule has 0 saturated heterocycles. The van der Waals surface area contributed by atoms with Crippen molar-refractivity contribution in [2.75, 3.05) is 76.6 Å². The van der Waals surface area contributed by atoms with E-state index in [-0.39, 0.29) is 37.6 Å². The summed E-state index contributed by atoms with van der Waals surface area (Å²) in [5.74, 6) is 0. The summed E-state index contributed by atoms with van der Waals surface area (Å²) in [6.07, 6.45) is -1.51. The molecule has 4 N–H and O–H groups in total. The number of nitriles is 1. The summed E-state index contributed by atoms with van der Waals surface area (Å²) >= 11 is 1.23. The van der Waals surface area contributed by atoms with Crippen LogP contribution in [0.5, 0.6) is 0 Å². The molecule has 0 fully saturated rings. The second kappa shape index (κ2) is 22.9. The van der Waals surface area contributed by atoms with Gasteiger partial charge in [0.15, 0.2) is 5.00 Å².